The number of benzene rings is 3. The minimum atomic E-state index is -1.02. The zero-order chi connectivity index (χ0) is 26.4. The molecule has 0 aliphatic carbocycles. The Morgan fingerprint density at radius 2 is 1.81 bits per heavy atom. The van der Waals surface area contributed by atoms with Crippen LogP contribution in [0.4, 0.5) is 8.78 Å². The van der Waals surface area contributed by atoms with Crippen molar-refractivity contribution in [2.75, 3.05) is 6.61 Å². The largest absolute Gasteiger partial charge is 0.493 e. The van der Waals surface area contributed by atoms with Crippen LogP contribution >= 0.6 is 0 Å². The van der Waals surface area contributed by atoms with E-state index in [1.54, 1.807) is 46.0 Å². The molecule has 0 saturated heterocycles. The Balaban J connectivity index is 0.000000556. The van der Waals surface area contributed by atoms with Gasteiger partial charge in [0.2, 0.25) is 0 Å². The minimum absolute atomic E-state index is 0.0627. The Bertz CT molecular complexity index is 1490. The Morgan fingerprint density at radius 1 is 1.11 bits per heavy atom. The molecule has 0 bridgehead atoms. The van der Waals surface area contributed by atoms with Crippen LogP contribution < -0.4 is 4.74 Å². The van der Waals surface area contributed by atoms with Crippen molar-refractivity contribution in [3.8, 4) is 16.9 Å². The summed E-state index contributed by atoms with van der Waals surface area (Å²) in [5, 5.41) is 19.5. The van der Waals surface area contributed by atoms with Crippen molar-refractivity contribution in [3.05, 3.63) is 70.4 Å². The van der Waals surface area contributed by atoms with E-state index in [1.807, 2.05) is 12.1 Å². The molecule has 0 radical (unpaired) electrons. The highest BCUT2D eigenvalue weighted by atomic mass is 19.1. The molecule has 188 valence electrons. The average molecular weight is 494 g/mol. The number of rotatable bonds is 3. The number of carboxylic acid groups (broad SMARTS) is 1. The summed E-state index contributed by atoms with van der Waals surface area (Å²) in [6.45, 7) is 8.94. The van der Waals surface area contributed by atoms with E-state index in [4.69, 9.17) is 9.84 Å². The van der Waals surface area contributed by atoms with Crippen LogP contribution in [0.25, 0.3) is 32.8 Å². The van der Waals surface area contributed by atoms with Crippen molar-refractivity contribution >= 4 is 27.6 Å². The smallest absolute Gasteiger partial charge is 0.307 e. The number of aromatic nitrogens is 1. The van der Waals surface area contributed by atoms with E-state index in [9.17, 15) is 14.3 Å². The van der Waals surface area contributed by atoms with Crippen molar-refractivity contribution in [2.24, 2.45) is 0 Å². The second kappa shape index (κ2) is 9.47. The molecule has 5 rings (SSSR count). The van der Waals surface area contributed by atoms with Crippen LogP contribution in [0.2, 0.25) is 0 Å². The van der Waals surface area contributed by atoms with E-state index in [-0.39, 0.29) is 17.4 Å². The topological polar surface area (TPSA) is 79.7 Å². The summed E-state index contributed by atoms with van der Waals surface area (Å²) in [5.41, 5.74) is 3.43. The van der Waals surface area contributed by atoms with Crippen LogP contribution in [0.1, 0.15) is 43.0 Å². The van der Waals surface area contributed by atoms with E-state index < -0.39 is 23.2 Å². The summed E-state index contributed by atoms with van der Waals surface area (Å²) < 4.78 is 35.4. The van der Waals surface area contributed by atoms with Crippen LogP contribution in [0.5, 0.6) is 5.75 Å². The van der Waals surface area contributed by atoms with Crippen LogP contribution in [-0.4, -0.2) is 33.4 Å². The molecular weight excluding hydrogens is 464 g/mol. The first-order chi connectivity index (χ1) is 16.9. The molecule has 0 spiro atoms. The normalized spacial score (nSPS) is 12.8. The first kappa shape index (κ1) is 25.5. The molecule has 2 N–H and O–H groups in total. The number of aliphatic hydroxyl groups is 1. The van der Waals surface area contributed by atoms with Gasteiger partial charge in [0.25, 0.3) is 0 Å². The third-order valence-electron chi connectivity index (χ3n) is 6.06. The SMILES string of the molecule is CC(C)(C)O.Cc1cc2c(F)c(C)c(F)cc2c(-c2ccc3c4c(ccnc24)CCO3)c1CC(=O)O. The maximum Gasteiger partial charge on any atom is 0.307 e. The number of hydrogen-bond donors (Lipinski definition) is 2. The van der Waals surface area contributed by atoms with Gasteiger partial charge in [-0.25, -0.2) is 8.78 Å². The molecule has 0 saturated carbocycles. The van der Waals surface area contributed by atoms with Gasteiger partial charge in [0.05, 0.1) is 24.1 Å². The molecule has 1 aliphatic heterocycles. The van der Waals surface area contributed by atoms with Gasteiger partial charge in [-0.1, -0.05) is 0 Å². The molecule has 0 fully saturated rings. The van der Waals surface area contributed by atoms with Crippen molar-refractivity contribution in [3.63, 3.8) is 0 Å². The highest BCUT2D eigenvalue weighted by molar-refractivity contribution is 6.08. The molecule has 1 aliphatic rings. The van der Waals surface area contributed by atoms with Gasteiger partial charge >= 0.3 is 5.97 Å². The van der Waals surface area contributed by atoms with Crippen LogP contribution in [-0.2, 0) is 17.6 Å². The van der Waals surface area contributed by atoms with Crippen LogP contribution in [0.3, 0.4) is 0 Å². The fourth-order valence-corrected chi connectivity index (χ4v) is 4.54. The first-order valence-electron chi connectivity index (χ1n) is 11.8. The Morgan fingerprint density at radius 3 is 2.47 bits per heavy atom. The Labute approximate surface area is 208 Å². The average Bonchev–Trinajstić information content (AvgIpc) is 2.79. The number of fused-ring (bicyclic) bond motifs is 1. The molecule has 0 unspecified atom stereocenters. The van der Waals surface area contributed by atoms with Gasteiger partial charge in [-0.15, -0.1) is 0 Å². The molecule has 5 nitrogen and oxygen atoms in total. The summed E-state index contributed by atoms with van der Waals surface area (Å²) in [5.74, 6) is -1.62. The quantitative estimate of drug-likeness (QED) is 0.351. The van der Waals surface area contributed by atoms with Crippen molar-refractivity contribution < 1.29 is 28.5 Å². The number of pyridine rings is 1. The number of carboxylic acids is 1. The third kappa shape index (κ3) is 4.88. The molecular formula is C29H29F2NO4. The highest BCUT2D eigenvalue weighted by Crippen LogP contribution is 2.43. The number of nitrogens with zero attached hydrogens (tertiary/aromatic N) is 1. The maximum absolute atomic E-state index is 15.0. The summed E-state index contributed by atoms with van der Waals surface area (Å²) in [7, 11) is 0. The molecule has 0 atom stereocenters. The van der Waals surface area contributed by atoms with Gasteiger partial charge in [0.15, 0.2) is 0 Å². The van der Waals surface area contributed by atoms with Gasteiger partial charge in [-0.3, -0.25) is 9.78 Å². The van der Waals surface area contributed by atoms with E-state index in [1.165, 1.54) is 13.0 Å². The summed E-state index contributed by atoms with van der Waals surface area (Å²) in [6, 6.07) is 8.45. The second-order valence-corrected chi connectivity index (χ2v) is 10.1. The van der Waals surface area contributed by atoms with Crippen molar-refractivity contribution in [1.29, 1.82) is 0 Å². The summed E-state index contributed by atoms with van der Waals surface area (Å²) >= 11 is 0. The van der Waals surface area contributed by atoms with E-state index >= 15 is 4.39 Å². The fraction of sp³-hybridized carbons (Fsp3) is 0.310. The fourth-order valence-electron chi connectivity index (χ4n) is 4.54. The predicted molar refractivity (Wildman–Crippen MR) is 137 cm³/mol. The zero-order valence-electron chi connectivity index (χ0n) is 21.0. The van der Waals surface area contributed by atoms with Gasteiger partial charge in [-0.2, -0.15) is 0 Å². The highest BCUT2D eigenvalue weighted by Gasteiger charge is 2.24. The predicted octanol–water partition coefficient (Wildman–Crippen LogP) is 6.29. The monoisotopic (exact) mass is 493 g/mol. The van der Waals surface area contributed by atoms with Crippen molar-refractivity contribution in [1.82, 2.24) is 4.98 Å². The number of carbonyl (C=O) groups is 1. The molecule has 36 heavy (non-hydrogen) atoms. The minimum Gasteiger partial charge on any atom is -0.493 e. The number of aryl methyl sites for hydroxylation is 1. The standard InChI is InChI=1S/C25H19F2NO3.C4H10O/c1-12-9-18-17(10-19(26)13(2)24(18)27)23(16(12)11-21(29)30)15-3-4-20-22-14(6-8-31-20)5-7-28-25(15)22;1-4(2,3)5/h3-5,7,9-10H,6,8,11H2,1-2H3,(H,29,30);5H,1-3H3. The van der Waals surface area contributed by atoms with Gasteiger partial charge < -0.3 is 14.9 Å². The lowest BCUT2D eigenvalue weighted by molar-refractivity contribution is -0.136. The molecule has 2 heterocycles. The third-order valence-corrected chi connectivity index (χ3v) is 6.06. The Kier molecular flexibility index (Phi) is 6.71. The van der Waals surface area contributed by atoms with E-state index in [2.05, 4.69) is 4.98 Å². The number of halogens is 2. The maximum atomic E-state index is 15.0. The van der Waals surface area contributed by atoms with Crippen LogP contribution in [0.15, 0.2) is 36.5 Å². The number of hydrogen-bond acceptors (Lipinski definition) is 4. The molecule has 4 aromatic rings. The second-order valence-electron chi connectivity index (χ2n) is 10.1. The van der Waals surface area contributed by atoms with Gasteiger partial charge in [0.1, 0.15) is 17.4 Å². The summed E-state index contributed by atoms with van der Waals surface area (Å²) in [6.07, 6.45) is 2.17. The number of ether oxygens (including phenoxy) is 1. The molecule has 1 aromatic heterocycles. The number of aliphatic carboxylic acids is 1. The molecule has 3 aromatic carbocycles. The van der Waals surface area contributed by atoms with E-state index in [0.29, 0.717) is 45.5 Å². The van der Waals surface area contributed by atoms with Crippen LogP contribution in [0, 0.1) is 25.5 Å². The summed E-state index contributed by atoms with van der Waals surface area (Å²) in [4.78, 5) is 16.2. The Hall–Kier alpha value is -3.58. The van der Waals surface area contributed by atoms with Crippen molar-refractivity contribution in [2.45, 2.75) is 53.1 Å². The van der Waals surface area contributed by atoms with Gasteiger partial charge in [-0.05, 0) is 92.6 Å². The van der Waals surface area contributed by atoms with Gasteiger partial charge in [0, 0.05) is 34.5 Å². The lowest BCUT2D eigenvalue weighted by atomic mass is 9.86. The lowest BCUT2D eigenvalue weighted by Gasteiger charge is -2.22. The first-order valence-corrected chi connectivity index (χ1v) is 11.8. The zero-order valence-corrected chi connectivity index (χ0v) is 21.0. The lowest BCUT2D eigenvalue weighted by Crippen LogP contribution is -2.10. The molecule has 7 heteroatoms. The van der Waals surface area contributed by atoms with E-state index in [0.717, 1.165) is 17.4 Å². The molecule has 0 amide bonds.